The minimum atomic E-state index is -0.449. The average Bonchev–Trinajstić information content (AvgIpc) is 2.35. The van der Waals surface area contributed by atoms with Gasteiger partial charge in [0.05, 0.1) is 12.6 Å². The highest BCUT2D eigenvalue weighted by atomic mass is 35.5. The van der Waals surface area contributed by atoms with Crippen molar-refractivity contribution in [2.45, 2.75) is 6.42 Å². The van der Waals surface area contributed by atoms with Crippen LogP contribution < -0.4 is 5.32 Å². The number of halogens is 2. The van der Waals surface area contributed by atoms with Crippen LogP contribution in [0.25, 0.3) is 0 Å². The number of aromatic nitrogens is 2. The normalized spacial score (nSPS) is 10.1. The third kappa shape index (κ3) is 3.49. The molecular weight excluding hydrogens is 257 g/mol. The van der Waals surface area contributed by atoms with Crippen LogP contribution in [0.5, 0.6) is 0 Å². The molecular formula is C12H9ClFN3O. The lowest BCUT2D eigenvalue weighted by Gasteiger charge is -2.04. The van der Waals surface area contributed by atoms with Crippen LogP contribution in [0.4, 0.5) is 10.2 Å². The standard InChI is InChI=1S/C12H9ClFN3O/c13-10-3-1-8(6-15-10)5-12(18)17-11-4-2-9(14)7-16-11/h1-4,6-7H,5H2,(H,16,17,18). The topological polar surface area (TPSA) is 54.9 Å². The Labute approximate surface area is 108 Å². The van der Waals surface area contributed by atoms with Gasteiger partial charge in [-0.25, -0.2) is 14.4 Å². The summed E-state index contributed by atoms with van der Waals surface area (Å²) in [5, 5.41) is 2.93. The quantitative estimate of drug-likeness (QED) is 0.868. The van der Waals surface area contributed by atoms with Crippen LogP contribution in [0.2, 0.25) is 5.15 Å². The Hall–Kier alpha value is -2.01. The molecule has 18 heavy (non-hydrogen) atoms. The van der Waals surface area contributed by atoms with Crippen molar-refractivity contribution in [3.63, 3.8) is 0 Å². The molecule has 0 fully saturated rings. The summed E-state index contributed by atoms with van der Waals surface area (Å²) in [7, 11) is 0. The van der Waals surface area contributed by atoms with Crippen LogP contribution >= 0.6 is 11.6 Å². The maximum Gasteiger partial charge on any atom is 0.230 e. The predicted molar refractivity (Wildman–Crippen MR) is 65.8 cm³/mol. The van der Waals surface area contributed by atoms with E-state index in [1.807, 2.05) is 0 Å². The number of amides is 1. The van der Waals surface area contributed by atoms with Gasteiger partial charge in [0, 0.05) is 6.20 Å². The highest BCUT2D eigenvalue weighted by molar-refractivity contribution is 6.29. The van der Waals surface area contributed by atoms with Crippen LogP contribution in [-0.2, 0) is 11.2 Å². The fourth-order valence-corrected chi connectivity index (χ4v) is 1.44. The van der Waals surface area contributed by atoms with Gasteiger partial charge >= 0.3 is 0 Å². The van der Waals surface area contributed by atoms with Crippen molar-refractivity contribution in [2.24, 2.45) is 0 Å². The van der Waals surface area contributed by atoms with E-state index in [9.17, 15) is 9.18 Å². The van der Waals surface area contributed by atoms with Crippen LogP contribution in [0.3, 0.4) is 0 Å². The SMILES string of the molecule is O=C(Cc1ccc(Cl)nc1)Nc1ccc(F)cn1. The molecule has 0 aromatic carbocycles. The van der Waals surface area contributed by atoms with E-state index in [1.54, 1.807) is 12.1 Å². The van der Waals surface area contributed by atoms with Crippen molar-refractivity contribution < 1.29 is 9.18 Å². The molecule has 0 unspecified atom stereocenters. The van der Waals surface area contributed by atoms with Crippen molar-refractivity contribution >= 4 is 23.3 Å². The monoisotopic (exact) mass is 265 g/mol. The number of anilines is 1. The smallest absolute Gasteiger partial charge is 0.230 e. The molecule has 0 saturated heterocycles. The second kappa shape index (κ2) is 5.55. The molecule has 2 rings (SSSR count). The zero-order valence-corrected chi connectivity index (χ0v) is 9.99. The van der Waals surface area contributed by atoms with E-state index in [1.165, 1.54) is 18.3 Å². The minimum Gasteiger partial charge on any atom is -0.310 e. The second-order valence-corrected chi connectivity index (χ2v) is 3.96. The highest BCUT2D eigenvalue weighted by Crippen LogP contribution is 2.08. The van der Waals surface area contributed by atoms with Crippen molar-refractivity contribution in [1.29, 1.82) is 0 Å². The number of carbonyl (C=O) groups is 1. The minimum absolute atomic E-state index is 0.156. The molecule has 0 spiro atoms. The Balaban J connectivity index is 1.96. The highest BCUT2D eigenvalue weighted by Gasteiger charge is 2.05. The van der Waals surface area contributed by atoms with Gasteiger partial charge in [-0.3, -0.25) is 4.79 Å². The molecule has 4 nitrogen and oxygen atoms in total. The maximum absolute atomic E-state index is 12.6. The Morgan fingerprint density at radius 1 is 1.22 bits per heavy atom. The van der Waals surface area contributed by atoms with Crippen molar-refractivity contribution in [3.8, 4) is 0 Å². The molecule has 1 amide bonds. The predicted octanol–water partition coefficient (Wildman–Crippen LogP) is 2.45. The van der Waals surface area contributed by atoms with E-state index in [0.29, 0.717) is 11.0 Å². The van der Waals surface area contributed by atoms with E-state index < -0.39 is 5.82 Å². The van der Waals surface area contributed by atoms with Gasteiger partial charge in [0.15, 0.2) is 0 Å². The first-order valence-electron chi connectivity index (χ1n) is 5.15. The Morgan fingerprint density at radius 2 is 2.06 bits per heavy atom. The molecule has 0 aliphatic carbocycles. The summed E-state index contributed by atoms with van der Waals surface area (Å²) in [5.41, 5.74) is 0.735. The van der Waals surface area contributed by atoms with Crippen LogP contribution in [0, 0.1) is 5.82 Å². The molecule has 0 bridgehead atoms. The number of hydrogen-bond donors (Lipinski definition) is 1. The number of rotatable bonds is 3. The van der Waals surface area contributed by atoms with E-state index in [4.69, 9.17) is 11.6 Å². The third-order valence-corrected chi connectivity index (χ3v) is 2.37. The largest absolute Gasteiger partial charge is 0.310 e. The number of hydrogen-bond acceptors (Lipinski definition) is 3. The van der Waals surface area contributed by atoms with Crippen molar-refractivity contribution in [1.82, 2.24) is 9.97 Å². The molecule has 0 radical (unpaired) electrons. The second-order valence-electron chi connectivity index (χ2n) is 3.58. The first kappa shape index (κ1) is 12.4. The summed E-state index contributed by atoms with van der Waals surface area (Å²) in [6.07, 6.45) is 2.72. The molecule has 1 N–H and O–H groups in total. The van der Waals surface area contributed by atoms with Gasteiger partial charge in [-0.15, -0.1) is 0 Å². The van der Waals surface area contributed by atoms with Crippen molar-refractivity contribution in [2.75, 3.05) is 5.32 Å². The Morgan fingerprint density at radius 3 is 2.67 bits per heavy atom. The molecule has 0 aliphatic rings. The molecule has 6 heteroatoms. The van der Waals surface area contributed by atoms with Crippen LogP contribution in [0.1, 0.15) is 5.56 Å². The van der Waals surface area contributed by atoms with E-state index in [0.717, 1.165) is 11.8 Å². The summed E-state index contributed by atoms with van der Waals surface area (Å²) < 4.78 is 12.6. The van der Waals surface area contributed by atoms with Crippen molar-refractivity contribution in [3.05, 3.63) is 53.2 Å². The fraction of sp³-hybridized carbons (Fsp3) is 0.0833. The molecule has 2 aromatic heterocycles. The van der Waals surface area contributed by atoms with E-state index in [-0.39, 0.29) is 12.3 Å². The maximum atomic E-state index is 12.6. The number of carbonyl (C=O) groups excluding carboxylic acids is 1. The Bertz CT molecular complexity index is 493. The van der Waals surface area contributed by atoms with Gasteiger partial charge in [0.2, 0.25) is 5.91 Å². The summed E-state index contributed by atoms with van der Waals surface area (Å²) in [5.74, 6) is -0.392. The van der Waals surface area contributed by atoms with E-state index >= 15 is 0 Å². The third-order valence-electron chi connectivity index (χ3n) is 2.15. The average molecular weight is 266 g/mol. The van der Waals surface area contributed by atoms with Crippen LogP contribution in [-0.4, -0.2) is 15.9 Å². The molecule has 2 heterocycles. The first-order valence-corrected chi connectivity index (χ1v) is 5.53. The van der Waals surface area contributed by atoms with E-state index in [2.05, 4.69) is 15.3 Å². The van der Waals surface area contributed by atoms with Gasteiger partial charge in [0.25, 0.3) is 0 Å². The van der Waals surface area contributed by atoms with Gasteiger partial charge in [-0.2, -0.15) is 0 Å². The summed E-state index contributed by atoms with van der Waals surface area (Å²) in [6, 6.07) is 5.95. The van der Waals surface area contributed by atoms with Gasteiger partial charge in [0.1, 0.15) is 16.8 Å². The molecule has 0 aliphatic heterocycles. The van der Waals surface area contributed by atoms with Gasteiger partial charge in [-0.1, -0.05) is 17.7 Å². The lowest BCUT2D eigenvalue weighted by molar-refractivity contribution is -0.115. The van der Waals surface area contributed by atoms with Gasteiger partial charge < -0.3 is 5.32 Å². The molecule has 0 saturated carbocycles. The Kier molecular flexibility index (Phi) is 3.84. The summed E-state index contributed by atoms with van der Waals surface area (Å²) >= 11 is 5.64. The zero-order chi connectivity index (χ0) is 13.0. The fourth-order valence-electron chi connectivity index (χ4n) is 1.33. The number of nitrogens with zero attached hydrogens (tertiary/aromatic N) is 2. The first-order chi connectivity index (χ1) is 8.63. The molecule has 92 valence electrons. The number of nitrogens with one attached hydrogen (secondary N) is 1. The molecule has 2 aromatic rings. The number of pyridine rings is 2. The lowest BCUT2D eigenvalue weighted by Crippen LogP contribution is -2.15. The summed E-state index contributed by atoms with van der Waals surface area (Å²) in [4.78, 5) is 19.2. The lowest BCUT2D eigenvalue weighted by atomic mass is 10.2. The van der Waals surface area contributed by atoms with Crippen LogP contribution in [0.15, 0.2) is 36.7 Å². The van der Waals surface area contributed by atoms with Gasteiger partial charge in [-0.05, 0) is 23.8 Å². The summed E-state index contributed by atoms with van der Waals surface area (Å²) in [6.45, 7) is 0. The molecule has 0 atom stereocenters. The zero-order valence-electron chi connectivity index (χ0n) is 9.23.